The van der Waals surface area contributed by atoms with Gasteiger partial charge in [0.05, 0.1) is 32.6 Å². The number of nitrogens with zero attached hydrogens (tertiary/aromatic N) is 4. The van der Waals surface area contributed by atoms with Gasteiger partial charge >= 0.3 is 5.97 Å². The van der Waals surface area contributed by atoms with Crippen molar-refractivity contribution in [3.8, 4) is 5.75 Å². The summed E-state index contributed by atoms with van der Waals surface area (Å²) in [4.78, 5) is 45.3. The fourth-order valence-corrected chi connectivity index (χ4v) is 4.92. The molecule has 0 bridgehead atoms. The molecule has 11 nitrogen and oxygen atoms in total. The van der Waals surface area contributed by atoms with Crippen molar-refractivity contribution in [3.05, 3.63) is 65.1 Å². The van der Waals surface area contributed by atoms with Gasteiger partial charge < -0.3 is 29.2 Å². The van der Waals surface area contributed by atoms with Gasteiger partial charge in [0, 0.05) is 55.1 Å². The molecule has 38 heavy (non-hydrogen) atoms. The van der Waals surface area contributed by atoms with Crippen molar-refractivity contribution in [1.29, 1.82) is 0 Å². The molecule has 0 radical (unpaired) electrons. The predicted octanol–water partition coefficient (Wildman–Crippen LogP) is 1.51. The molecular weight excluding hydrogens is 490 g/mol. The number of morpholine rings is 1. The number of hydrogen-bond donors (Lipinski definition) is 1. The molecule has 1 saturated heterocycles. The van der Waals surface area contributed by atoms with E-state index < -0.39 is 17.9 Å². The number of pyridine rings is 1. The van der Waals surface area contributed by atoms with E-state index in [9.17, 15) is 14.4 Å². The van der Waals surface area contributed by atoms with Crippen molar-refractivity contribution in [1.82, 2.24) is 19.2 Å². The average Bonchev–Trinajstić information content (AvgIpc) is 3.48. The molecule has 1 unspecified atom stereocenters. The summed E-state index contributed by atoms with van der Waals surface area (Å²) >= 11 is 0. The molecule has 11 heteroatoms. The van der Waals surface area contributed by atoms with Crippen molar-refractivity contribution in [2.75, 3.05) is 33.4 Å². The second-order valence-electron chi connectivity index (χ2n) is 9.46. The number of primary amides is 1. The highest BCUT2D eigenvalue weighted by Crippen LogP contribution is 2.33. The van der Waals surface area contributed by atoms with Crippen LogP contribution in [0.1, 0.15) is 40.0 Å². The van der Waals surface area contributed by atoms with Crippen LogP contribution in [0.15, 0.2) is 42.7 Å². The zero-order chi connectivity index (χ0) is 26.6. The minimum atomic E-state index is -0.919. The normalized spacial score (nSPS) is 16.4. The van der Waals surface area contributed by atoms with Crippen LogP contribution in [0.2, 0.25) is 0 Å². The number of aromatic nitrogens is 2. The highest BCUT2D eigenvalue weighted by atomic mass is 16.5. The van der Waals surface area contributed by atoms with E-state index in [1.54, 1.807) is 18.2 Å². The molecule has 2 aromatic heterocycles. The van der Waals surface area contributed by atoms with E-state index >= 15 is 0 Å². The number of amides is 2. The largest absolute Gasteiger partial charge is 0.488 e. The Bertz CT molecular complexity index is 1350. The number of rotatable bonds is 10. The van der Waals surface area contributed by atoms with E-state index in [0.717, 1.165) is 49.8 Å². The summed E-state index contributed by atoms with van der Waals surface area (Å²) in [6, 6.07) is 8.27. The van der Waals surface area contributed by atoms with Crippen LogP contribution >= 0.6 is 0 Å². The van der Waals surface area contributed by atoms with Gasteiger partial charge in [-0.3, -0.25) is 19.3 Å². The monoisotopic (exact) mass is 521 g/mol. The lowest BCUT2D eigenvalue weighted by Gasteiger charge is -2.25. The zero-order valence-electron chi connectivity index (χ0n) is 21.3. The van der Waals surface area contributed by atoms with Crippen molar-refractivity contribution in [2.24, 2.45) is 5.73 Å². The van der Waals surface area contributed by atoms with Crippen molar-refractivity contribution >= 4 is 23.4 Å². The molecule has 0 spiro atoms. The van der Waals surface area contributed by atoms with Gasteiger partial charge in [-0.15, -0.1) is 0 Å². The minimum absolute atomic E-state index is 0.0154. The van der Waals surface area contributed by atoms with Crippen molar-refractivity contribution < 1.29 is 28.6 Å². The molecule has 4 heterocycles. The van der Waals surface area contributed by atoms with E-state index in [1.807, 2.05) is 28.9 Å². The van der Waals surface area contributed by atoms with Crippen LogP contribution in [0, 0.1) is 0 Å². The number of nitrogens with two attached hydrogens (primary N) is 1. The number of ether oxygens (including phenoxy) is 3. The SMILES string of the molecule is COC(=O)CCC(C(N)=O)N1Cc2c(OCc3ccc4nc(CN5CCOCC5)cn4c3)cccc2C1=O. The molecule has 2 N–H and O–H groups in total. The zero-order valence-corrected chi connectivity index (χ0v) is 21.3. The molecule has 5 rings (SSSR count). The molecule has 1 aromatic carbocycles. The van der Waals surface area contributed by atoms with Gasteiger partial charge in [-0.25, -0.2) is 4.98 Å². The third kappa shape index (κ3) is 5.48. The molecule has 2 amide bonds. The Balaban J connectivity index is 1.27. The Kier molecular flexibility index (Phi) is 7.57. The summed E-state index contributed by atoms with van der Waals surface area (Å²) in [6.45, 7) is 4.54. The molecule has 3 aromatic rings. The first-order valence-corrected chi connectivity index (χ1v) is 12.6. The van der Waals surface area contributed by atoms with E-state index in [-0.39, 0.29) is 25.3 Å². The quantitative estimate of drug-likeness (QED) is 0.398. The van der Waals surface area contributed by atoms with Crippen molar-refractivity contribution in [3.63, 3.8) is 0 Å². The molecule has 0 aliphatic carbocycles. The number of methoxy groups -OCH3 is 1. The van der Waals surface area contributed by atoms with Gasteiger partial charge in [-0.05, 0) is 24.6 Å². The van der Waals surface area contributed by atoms with E-state index in [0.29, 0.717) is 23.5 Å². The summed E-state index contributed by atoms with van der Waals surface area (Å²) < 4.78 is 18.2. The van der Waals surface area contributed by atoms with Gasteiger partial charge in [-0.1, -0.05) is 12.1 Å². The van der Waals surface area contributed by atoms with E-state index in [2.05, 4.69) is 9.64 Å². The van der Waals surface area contributed by atoms with Crippen LogP contribution in [0.4, 0.5) is 0 Å². The first-order chi connectivity index (χ1) is 18.4. The lowest BCUT2D eigenvalue weighted by molar-refractivity contribution is -0.141. The van der Waals surface area contributed by atoms with Gasteiger partial charge in [0.15, 0.2) is 0 Å². The van der Waals surface area contributed by atoms with E-state index in [1.165, 1.54) is 12.0 Å². The Morgan fingerprint density at radius 2 is 1.97 bits per heavy atom. The van der Waals surface area contributed by atoms with Gasteiger partial charge in [0.1, 0.15) is 24.0 Å². The molecule has 1 fully saturated rings. The summed E-state index contributed by atoms with van der Waals surface area (Å²) in [5, 5.41) is 0. The molecular formula is C27H31N5O6. The number of benzene rings is 1. The fourth-order valence-electron chi connectivity index (χ4n) is 4.92. The number of fused-ring (bicyclic) bond motifs is 2. The first kappa shape index (κ1) is 25.7. The van der Waals surface area contributed by atoms with Crippen LogP contribution in [0.5, 0.6) is 5.75 Å². The Morgan fingerprint density at radius 1 is 1.16 bits per heavy atom. The highest BCUT2D eigenvalue weighted by Gasteiger charge is 2.37. The molecule has 1 atom stereocenters. The van der Waals surface area contributed by atoms with E-state index in [4.69, 9.17) is 20.2 Å². The second-order valence-corrected chi connectivity index (χ2v) is 9.46. The smallest absolute Gasteiger partial charge is 0.305 e. The van der Waals surface area contributed by atoms with Crippen molar-refractivity contribution in [2.45, 2.75) is 38.6 Å². The summed E-state index contributed by atoms with van der Waals surface area (Å²) in [6.07, 6.45) is 4.10. The summed E-state index contributed by atoms with van der Waals surface area (Å²) in [5.74, 6) is -0.883. The lowest BCUT2D eigenvalue weighted by atomic mass is 10.1. The maximum atomic E-state index is 13.1. The average molecular weight is 522 g/mol. The van der Waals surface area contributed by atoms with Gasteiger partial charge in [0.25, 0.3) is 5.91 Å². The van der Waals surface area contributed by atoms with Crippen LogP contribution in [-0.4, -0.2) is 76.4 Å². The molecule has 2 aliphatic heterocycles. The van der Waals surface area contributed by atoms with Gasteiger partial charge in [0.2, 0.25) is 5.91 Å². The van der Waals surface area contributed by atoms with Gasteiger partial charge in [-0.2, -0.15) is 0 Å². The number of carbonyl (C=O) groups excluding carboxylic acids is 3. The molecule has 0 saturated carbocycles. The number of imidazole rings is 1. The number of esters is 1. The fraction of sp³-hybridized carbons (Fsp3) is 0.407. The lowest BCUT2D eigenvalue weighted by Crippen LogP contribution is -2.45. The maximum Gasteiger partial charge on any atom is 0.305 e. The Morgan fingerprint density at radius 3 is 2.74 bits per heavy atom. The van der Waals surface area contributed by atoms with Crippen LogP contribution < -0.4 is 10.5 Å². The number of carbonyl (C=O) groups is 3. The topological polar surface area (TPSA) is 129 Å². The van der Waals surface area contributed by atoms with Crippen LogP contribution in [-0.2, 0) is 38.8 Å². The standard InChI is InChI=1S/C27H31N5O6/c1-36-25(33)8-6-22(26(28)34)32-16-21-20(27(32)35)3-2-4-23(21)38-17-18-5-7-24-29-19(15-31(24)13-18)14-30-9-11-37-12-10-30/h2-5,7,13,15,22H,6,8-12,14,16-17H2,1H3,(H2,28,34). The summed E-state index contributed by atoms with van der Waals surface area (Å²) in [5.41, 5.74) is 9.55. The van der Waals surface area contributed by atoms with Crippen LogP contribution in [0.25, 0.3) is 5.65 Å². The Hall–Kier alpha value is -3.96. The Labute approximate surface area is 220 Å². The third-order valence-electron chi connectivity index (χ3n) is 6.95. The van der Waals surface area contributed by atoms with Crippen LogP contribution in [0.3, 0.4) is 0 Å². The summed E-state index contributed by atoms with van der Waals surface area (Å²) in [7, 11) is 1.27. The molecule has 200 valence electrons. The number of hydrogen-bond acceptors (Lipinski definition) is 8. The second kappa shape index (κ2) is 11.2. The molecule has 2 aliphatic rings. The third-order valence-corrected chi connectivity index (χ3v) is 6.95. The predicted molar refractivity (Wildman–Crippen MR) is 136 cm³/mol. The maximum absolute atomic E-state index is 13.1. The first-order valence-electron chi connectivity index (χ1n) is 12.6. The highest BCUT2D eigenvalue weighted by molar-refractivity contribution is 6.01. The minimum Gasteiger partial charge on any atom is -0.488 e.